The van der Waals surface area contributed by atoms with Crippen LogP contribution in [0.3, 0.4) is 0 Å². The van der Waals surface area contributed by atoms with Crippen molar-refractivity contribution >= 4 is 28.2 Å². The van der Waals surface area contributed by atoms with Crippen LogP contribution in [0.2, 0.25) is 5.02 Å². The number of hydrogen-bond acceptors (Lipinski definition) is 4. The van der Waals surface area contributed by atoms with Crippen molar-refractivity contribution in [3.63, 3.8) is 0 Å². The van der Waals surface area contributed by atoms with Crippen LogP contribution in [-0.4, -0.2) is 53.3 Å². The van der Waals surface area contributed by atoms with E-state index in [9.17, 15) is 5.11 Å². The molecule has 2 atom stereocenters. The van der Waals surface area contributed by atoms with E-state index in [0.717, 1.165) is 42.0 Å². The molecule has 0 radical (unpaired) electrons. The lowest BCUT2D eigenvalue weighted by Gasteiger charge is -2.33. The molecule has 1 aromatic carbocycles. The van der Waals surface area contributed by atoms with Gasteiger partial charge >= 0.3 is 0 Å². The van der Waals surface area contributed by atoms with Crippen LogP contribution < -0.4 is 4.90 Å². The highest BCUT2D eigenvalue weighted by atomic mass is 35.5. The second-order valence-corrected chi connectivity index (χ2v) is 7.39. The van der Waals surface area contributed by atoms with Gasteiger partial charge in [0.15, 0.2) is 0 Å². The normalized spacial score (nSPS) is 25.0. The van der Waals surface area contributed by atoms with Gasteiger partial charge in [-0.15, -0.1) is 0 Å². The number of halogens is 1. The summed E-state index contributed by atoms with van der Waals surface area (Å²) in [6.45, 7) is 3.50. The van der Waals surface area contributed by atoms with Gasteiger partial charge in [0, 0.05) is 47.5 Å². The van der Waals surface area contributed by atoms with Gasteiger partial charge in [0.05, 0.1) is 12.1 Å². The molecule has 3 heterocycles. The fraction of sp³-hybridized carbons (Fsp3) is 0.526. The molecule has 0 amide bonds. The minimum Gasteiger partial charge on any atom is -0.395 e. The van der Waals surface area contributed by atoms with Crippen LogP contribution >= 0.6 is 11.6 Å². The zero-order valence-corrected chi connectivity index (χ0v) is 14.6. The quantitative estimate of drug-likeness (QED) is 0.922. The molecule has 0 spiro atoms. The number of fused-ring (bicyclic) bond motifs is 1. The highest BCUT2D eigenvalue weighted by Crippen LogP contribution is 2.33. The molecule has 1 aromatic heterocycles. The first-order chi connectivity index (χ1) is 11.8. The molecule has 4 rings (SSSR count). The van der Waals surface area contributed by atoms with Crippen LogP contribution in [0.15, 0.2) is 30.5 Å². The van der Waals surface area contributed by atoms with Crippen molar-refractivity contribution in [3.05, 3.63) is 35.5 Å². The monoisotopic (exact) mass is 345 g/mol. The van der Waals surface area contributed by atoms with E-state index in [1.54, 1.807) is 0 Å². The van der Waals surface area contributed by atoms with Crippen molar-refractivity contribution in [2.24, 2.45) is 0 Å². The molecule has 5 heteroatoms. The first-order valence-electron chi connectivity index (χ1n) is 8.92. The highest BCUT2D eigenvalue weighted by molar-refractivity contribution is 6.31. The molecule has 2 aliphatic heterocycles. The van der Waals surface area contributed by atoms with Gasteiger partial charge in [0.2, 0.25) is 0 Å². The Morgan fingerprint density at radius 1 is 1.12 bits per heavy atom. The van der Waals surface area contributed by atoms with Crippen LogP contribution in [0, 0.1) is 0 Å². The number of aliphatic hydroxyl groups is 1. The molecule has 2 aliphatic rings. The maximum atomic E-state index is 9.59. The molecule has 0 aliphatic carbocycles. The number of likely N-dealkylation sites (tertiary alicyclic amines) is 1. The zero-order chi connectivity index (χ0) is 16.5. The van der Waals surface area contributed by atoms with Gasteiger partial charge in [-0.2, -0.15) is 0 Å². The van der Waals surface area contributed by atoms with Gasteiger partial charge in [-0.3, -0.25) is 9.88 Å². The van der Waals surface area contributed by atoms with Gasteiger partial charge < -0.3 is 10.0 Å². The molecule has 24 heavy (non-hydrogen) atoms. The number of aromatic nitrogens is 1. The molecule has 2 fully saturated rings. The van der Waals surface area contributed by atoms with E-state index in [1.165, 1.54) is 24.9 Å². The first-order valence-corrected chi connectivity index (χ1v) is 9.30. The minimum atomic E-state index is 0.278. The number of nitrogens with zero attached hydrogens (tertiary/aromatic N) is 3. The smallest absolute Gasteiger partial charge is 0.0723 e. The predicted octanol–water partition coefficient (Wildman–Crippen LogP) is 3.31. The largest absolute Gasteiger partial charge is 0.395 e. The molecule has 2 saturated heterocycles. The Hall–Kier alpha value is -1.36. The van der Waals surface area contributed by atoms with E-state index in [4.69, 9.17) is 11.6 Å². The summed E-state index contributed by atoms with van der Waals surface area (Å²) in [4.78, 5) is 9.47. The summed E-state index contributed by atoms with van der Waals surface area (Å²) in [7, 11) is 0. The maximum absolute atomic E-state index is 9.59. The lowest BCUT2D eigenvalue weighted by molar-refractivity contribution is 0.153. The number of pyridine rings is 1. The van der Waals surface area contributed by atoms with Gasteiger partial charge in [-0.1, -0.05) is 11.6 Å². The Kier molecular flexibility index (Phi) is 4.61. The van der Waals surface area contributed by atoms with E-state index >= 15 is 0 Å². The second kappa shape index (κ2) is 6.87. The average Bonchev–Trinajstić information content (AvgIpc) is 3.24. The summed E-state index contributed by atoms with van der Waals surface area (Å²) in [6, 6.07) is 8.89. The highest BCUT2D eigenvalue weighted by Gasteiger charge is 2.32. The van der Waals surface area contributed by atoms with Crippen molar-refractivity contribution in [1.29, 1.82) is 0 Å². The van der Waals surface area contributed by atoms with Crippen molar-refractivity contribution in [3.8, 4) is 0 Å². The zero-order valence-electron chi connectivity index (χ0n) is 13.9. The summed E-state index contributed by atoms with van der Waals surface area (Å²) in [5.74, 6) is 0. The van der Waals surface area contributed by atoms with E-state index in [-0.39, 0.29) is 6.61 Å². The summed E-state index contributed by atoms with van der Waals surface area (Å²) in [5.41, 5.74) is 2.24. The Morgan fingerprint density at radius 2 is 1.96 bits per heavy atom. The van der Waals surface area contributed by atoms with Gasteiger partial charge in [-0.25, -0.2) is 0 Å². The Morgan fingerprint density at radius 3 is 2.83 bits per heavy atom. The Balaban J connectivity index is 1.62. The third-order valence-electron chi connectivity index (χ3n) is 5.52. The molecule has 128 valence electrons. The van der Waals surface area contributed by atoms with E-state index in [0.29, 0.717) is 12.1 Å². The van der Waals surface area contributed by atoms with E-state index < -0.39 is 0 Å². The maximum Gasteiger partial charge on any atom is 0.0723 e. The lowest BCUT2D eigenvalue weighted by Crippen LogP contribution is -2.43. The van der Waals surface area contributed by atoms with E-state index in [2.05, 4.69) is 20.9 Å². The predicted molar refractivity (Wildman–Crippen MR) is 98.8 cm³/mol. The van der Waals surface area contributed by atoms with Gasteiger partial charge in [0.25, 0.3) is 0 Å². The Bertz CT molecular complexity index is 723. The third-order valence-corrected chi connectivity index (χ3v) is 5.76. The topological polar surface area (TPSA) is 39.6 Å². The van der Waals surface area contributed by atoms with Crippen molar-refractivity contribution < 1.29 is 5.11 Å². The van der Waals surface area contributed by atoms with Crippen molar-refractivity contribution in [1.82, 2.24) is 9.88 Å². The van der Waals surface area contributed by atoms with Gasteiger partial charge in [0.1, 0.15) is 0 Å². The summed E-state index contributed by atoms with van der Waals surface area (Å²) < 4.78 is 0. The number of rotatable bonds is 4. The molecule has 2 unspecified atom stereocenters. The van der Waals surface area contributed by atoms with Crippen LogP contribution in [0.5, 0.6) is 0 Å². The summed E-state index contributed by atoms with van der Waals surface area (Å²) in [5, 5.41) is 11.5. The van der Waals surface area contributed by atoms with Crippen LogP contribution in [0.4, 0.5) is 5.69 Å². The fourth-order valence-corrected chi connectivity index (χ4v) is 4.48. The standard InChI is InChI=1S/C19H24ClN3O/c20-14-5-6-18-17(11-14)19(7-8-21-18)23-10-2-3-15(23)12-22-9-1-4-16(22)13-24/h5-8,11,15-16,24H,1-4,9-10,12-13H2. The number of aliphatic hydroxyl groups excluding tert-OH is 1. The van der Waals surface area contributed by atoms with Crippen molar-refractivity contribution in [2.75, 3.05) is 31.1 Å². The Labute approximate surface area is 148 Å². The molecular formula is C19H24ClN3O. The third kappa shape index (κ3) is 2.99. The minimum absolute atomic E-state index is 0.278. The van der Waals surface area contributed by atoms with Crippen molar-refractivity contribution in [2.45, 2.75) is 37.8 Å². The molecule has 0 bridgehead atoms. The van der Waals surface area contributed by atoms with E-state index in [1.807, 2.05) is 24.4 Å². The molecule has 1 N–H and O–H groups in total. The number of hydrogen-bond donors (Lipinski definition) is 1. The van der Waals surface area contributed by atoms with Crippen LogP contribution in [0.25, 0.3) is 10.9 Å². The molecule has 0 saturated carbocycles. The fourth-order valence-electron chi connectivity index (χ4n) is 4.31. The number of benzene rings is 1. The molecule has 4 nitrogen and oxygen atoms in total. The number of anilines is 1. The van der Waals surface area contributed by atoms with Crippen LogP contribution in [0.1, 0.15) is 25.7 Å². The SMILES string of the molecule is OCC1CCCN1CC1CCCN1c1ccnc2ccc(Cl)cc12. The second-order valence-electron chi connectivity index (χ2n) is 6.95. The lowest BCUT2D eigenvalue weighted by atomic mass is 10.1. The summed E-state index contributed by atoms with van der Waals surface area (Å²) >= 11 is 6.23. The summed E-state index contributed by atoms with van der Waals surface area (Å²) in [6.07, 6.45) is 6.64. The molecule has 2 aromatic rings. The first kappa shape index (κ1) is 16.1. The van der Waals surface area contributed by atoms with Crippen LogP contribution in [-0.2, 0) is 0 Å². The molecular weight excluding hydrogens is 322 g/mol. The average molecular weight is 346 g/mol. The van der Waals surface area contributed by atoms with Gasteiger partial charge in [-0.05, 0) is 56.5 Å².